The molecule has 0 aromatic carbocycles. The summed E-state index contributed by atoms with van der Waals surface area (Å²) in [5, 5.41) is 5.43. The van der Waals surface area contributed by atoms with Crippen LogP contribution in [0, 0.1) is 5.92 Å². The number of fused-ring (bicyclic) bond motifs is 1. The van der Waals surface area contributed by atoms with Gasteiger partial charge >= 0.3 is 12.1 Å². The van der Waals surface area contributed by atoms with Crippen LogP contribution in [0.2, 0.25) is 0 Å². The fourth-order valence-corrected chi connectivity index (χ4v) is 1.63. The van der Waals surface area contributed by atoms with Crippen LogP contribution in [-0.4, -0.2) is 33.8 Å². The Morgan fingerprint density at radius 1 is 1.58 bits per heavy atom. The Morgan fingerprint density at radius 2 is 2.26 bits per heavy atom. The lowest BCUT2D eigenvalue weighted by molar-refractivity contribution is -0.145. The minimum Gasteiger partial charge on any atom is -0.469 e. The molecule has 2 heterocycles. The summed E-state index contributed by atoms with van der Waals surface area (Å²) < 4.78 is 42.5. The average Bonchev–Trinajstić information content (AvgIpc) is 2.72. The molecule has 0 saturated carbocycles. The molecule has 10 heteroatoms. The Hall–Kier alpha value is -2.13. The zero-order valence-electron chi connectivity index (χ0n) is 9.69. The number of rotatable bonds is 2. The van der Waals surface area contributed by atoms with E-state index in [-0.39, 0.29) is 18.9 Å². The van der Waals surface area contributed by atoms with Gasteiger partial charge in [0.05, 0.1) is 26.0 Å². The number of nitrogens with zero attached hydrogens (tertiary/aromatic N) is 3. The number of aromatic nitrogens is 3. The second-order valence-electron chi connectivity index (χ2n) is 3.91. The summed E-state index contributed by atoms with van der Waals surface area (Å²) in [6.07, 6.45) is -4.92. The number of halogens is 3. The number of carbonyl (C=O) groups is 2. The molecule has 0 radical (unpaired) electrons. The fraction of sp³-hybridized carbons (Fsp3) is 0.556. The van der Waals surface area contributed by atoms with Gasteiger partial charge in [-0.2, -0.15) is 18.2 Å². The SMILES string of the molecule is COC(=O)C[C@@H]1Cn2nc(C(F)(F)F)nc2NC1=O. The molecule has 1 amide bonds. The van der Waals surface area contributed by atoms with E-state index < -0.39 is 29.8 Å². The molecular weight excluding hydrogens is 269 g/mol. The molecular formula is C9H9F3N4O3. The van der Waals surface area contributed by atoms with Crippen molar-refractivity contribution in [2.24, 2.45) is 5.92 Å². The fourth-order valence-electron chi connectivity index (χ4n) is 1.63. The van der Waals surface area contributed by atoms with Crippen LogP contribution in [0.4, 0.5) is 19.1 Å². The molecule has 0 fully saturated rings. The van der Waals surface area contributed by atoms with Crippen molar-refractivity contribution < 1.29 is 27.5 Å². The number of ether oxygens (including phenoxy) is 1. The van der Waals surface area contributed by atoms with E-state index in [0.717, 1.165) is 11.8 Å². The Bertz CT molecular complexity index is 525. The van der Waals surface area contributed by atoms with Crippen LogP contribution in [0.1, 0.15) is 12.2 Å². The summed E-state index contributed by atoms with van der Waals surface area (Å²) in [7, 11) is 1.16. The van der Waals surface area contributed by atoms with Crippen LogP contribution < -0.4 is 5.32 Å². The van der Waals surface area contributed by atoms with Gasteiger partial charge in [0.15, 0.2) is 0 Å². The Balaban J connectivity index is 2.20. The van der Waals surface area contributed by atoms with E-state index in [9.17, 15) is 22.8 Å². The normalized spacial score (nSPS) is 18.7. The van der Waals surface area contributed by atoms with Crippen molar-refractivity contribution in [3.05, 3.63) is 5.82 Å². The van der Waals surface area contributed by atoms with Crippen molar-refractivity contribution in [1.29, 1.82) is 0 Å². The third-order valence-electron chi connectivity index (χ3n) is 2.57. The number of carbonyl (C=O) groups excluding carboxylic acids is 2. The number of amides is 1. The molecule has 1 aromatic heterocycles. The van der Waals surface area contributed by atoms with Crippen molar-refractivity contribution in [3.8, 4) is 0 Å². The van der Waals surface area contributed by atoms with Gasteiger partial charge in [0.2, 0.25) is 11.9 Å². The van der Waals surface area contributed by atoms with Gasteiger partial charge in [0.25, 0.3) is 5.82 Å². The molecule has 0 bridgehead atoms. The predicted molar refractivity (Wildman–Crippen MR) is 53.8 cm³/mol. The number of hydrogen-bond donors (Lipinski definition) is 1. The molecule has 1 N–H and O–H groups in total. The Kier molecular flexibility index (Phi) is 3.16. The zero-order chi connectivity index (χ0) is 14.2. The smallest absolute Gasteiger partial charge is 0.453 e. The predicted octanol–water partition coefficient (Wildman–Crippen LogP) is 0.428. The maximum Gasteiger partial charge on any atom is 0.453 e. The van der Waals surface area contributed by atoms with Crippen LogP contribution >= 0.6 is 0 Å². The minimum atomic E-state index is -4.69. The number of methoxy groups -OCH3 is 1. The first kappa shape index (κ1) is 13.3. The molecule has 0 unspecified atom stereocenters. The van der Waals surface area contributed by atoms with E-state index in [2.05, 4.69) is 20.1 Å². The van der Waals surface area contributed by atoms with Gasteiger partial charge < -0.3 is 4.74 Å². The summed E-state index contributed by atoms with van der Waals surface area (Å²) in [6, 6.07) is 0. The first-order valence-corrected chi connectivity index (χ1v) is 5.21. The topological polar surface area (TPSA) is 86.1 Å². The number of esters is 1. The van der Waals surface area contributed by atoms with Gasteiger partial charge in [0.1, 0.15) is 0 Å². The highest BCUT2D eigenvalue weighted by atomic mass is 19.4. The molecule has 1 atom stereocenters. The molecule has 104 valence electrons. The van der Waals surface area contributed by atoms with Gasteiger partial charge in [-0.25, -0.2) is 4.68 Å². The second kappa shape index (κ2) is 4.52. The Morgan fingerprint density at radius 3 is 2.84 bits per heavy atom. The van der Waals surface area contributed by atoms with Crippen LogP contribution in [0.25, 0.3) is 0 Å². The second-order valence-corrected chi connectivity index (χ2v) is 3.91. The lowest BCUT2D eigenvalue weighted by Crippen LogP contribution is -2.35. The highest BCUT2D eigenvalue weighted by Crippen LogP contribution is 2.29. The maximum atomic E-state index is 12.4. The van der Waals surface area contributed by atoms with Crippen molar-refractivity contribution >= 4 is 17.8 Å². The summed E-state index contributed by atoms with van der Waals surface area (Å²) in [6.45, 7) is -0.153. The summed E-state index contributed by atoms with van der Waals surface area (Å²) in [4.78, 5) is 25.8. The minimum absolute atomic E-state index is 0.153. The molecule has 1 aliphatic rings. The largest absolute Gasteiger partial charge is 0.469 e. The Labute approximate surface area is 104 Å². The monoisotopic (exact) mass is 278 g/mol. The van der Waals surface area contributed by atoms with Gasteiger partial charge in [-0.1, -0.05) is 0 Å². The molecule has 19 heavy (non-hydrogen) atoms. The van der Waals surface area contributed by atoms with Crippen molar-refractivity contribution in [3.63, 3.8) is 0 Å². The van der Waals surface area contributed by atoms with E-state index in [0.29, 0.717) is 0 Å². The van der Waals surface area contributed by atoms with E-state index in [1.54, 1.807) is 0 Å². The third kappa shape index (κ3) is 2.66. The number of hydrogen-bond acceptors (Lipinski definition) is 5. The number of anilines is 1. The quantitative estimate of drug-likeness (QED) is 0.793. The number of nitrogens with one attached hydrogen (secondary N) is 1. The van der Waals surface area contributed by atoms with Crippen LogP contribution in [0.5, 0.6) is 0 Å². The summed E-state index contributed by atoms with van der Waals surface area (Å²) >= 11 is 0. The van der Waals surface area contributed by atoms with Crippen LogP contribution in [0.3, 0.4) is 0 Å². The van der Waals surface area contributed by atoms with Crippen molar-refractivity contribution in [2.45, 2.75) is 19.1 Å². The van der Waals surface area contributed by atoms with Gasteiger partial charge in [-0.15, -0.1) is 5.10 Å². The molecule has 0 spiro atoms. The molecule has 0 aliphatic carbocycles. The van der Waals surface area contributed by atoms with Crippen molar-refractivity contribution in [2.75, 3.05) is 12.4 Å². The average molecular weight is 278 g/mol. The summed E-state index contributed by atoms with van der Waals surface area (Å²) in [5.74, 6) is -3.65. The third-order valence-corrected chi connectivity index (χ3v) is 2.57. The zero-order valence-corrected chi connectivity index (χ0v) is 9.69. The first-order chi connectivity index (χ1) is 8.81. The summed E-state index contributed by atoms with van der Waals surface area (Å²) in [5.41, 5.74) is 0. The van der Waals surface area contributed by atoms with Gasteiger partial charge in [0, 0.05) is 0 Å². The lowest BCUT2D eigenvalue weighted by atomic mass is 10.0. The number of alkyl halides is 3. The first-order valence-electron chi connectivity index (χ1n) is 5.21. The standard InChI is InChI=1S/C9H9F3N4O3/c1-19-5(17)2-4-3-16-8(13-6(4)18)14-7(15-16)9(10,11)12/h4H,2-3H2,1H3,(H,13,14,15,18)/t4-/m1/s1. The highest BCUT2D eigenvalue weighted by molar-refractivity contribution is 5.94. The molecule has 2 rings (SSSR count). The van der Waals surface area contributed by atoms with E-state index in [1.807, 2.05) is 0 Å². The molecule has 1 aliphatic heterocycles. The van der Waals surface area contributed by atoms with Crippen molar-refractivity contribution in [1.82, 2.24) is 14.8 Å². The van der Waals surface area contributed by atoms with Gasteiger partial charge in [-0.3, -0.25) is 14.9 Å². The molecule has 0 saturated heterocycles. The van der Waals surface area contributed by atoms with E-state index in [1.165, 1.54) is 0 Å². The van der Waals surface area contributed by atoms with Gasteiger partial charge in [-0.05, 0) is 0 Å². The van der Waals surface area contributed by atoms with E-state index in [4.69, 9.17) is 0 Å². The lowest BCUT2D eigenvalue weighted by Gasteiger charge is -2.20. The van der Waals surface area contributed by atoms with Crippen LogP contribution in [0.15, 0.2) is 0 Å². The maximum absolute atomic E-state index is 12.4. The highest BCUT2D eigenvalue weighted by Gasteiger charge is 2.39. The molecule has 1 aromatic rings. The van der Waals surface area contributed by atoms with E-state index >= 15 is 0 Å². The van der Waals surface area contributed by atoms with Crippen LogP contribution in [-0.2, 0) is 27.0 Å². The molecule has 7 nitrogen and oxygen atoms in total.